The Morgan fingerprint density at radius 1 is 1.20 bits per heavy atom. The highest BCUT2D eigenvalue weighted by Gasteiger charge is 2.27. The van der Waals surface area contributed by atoms with Crippen LogP contribution in [0.1, 0.15) is 44.6 Å². The zero-order chi connectivity index (χ0) is 14.5. The summed E-state index contributed by atoms with van der Waals surface area (Å²) in [5.74, 6) is 1.06. The molecule has 1 unspecified atom stereocenters. The Morgan fingerprint density at radius 2 is 1.80 bits per heavy atom. The lowest BCUT2D eigenvalue weighted by atomic mass is 9.81. The van der Waals surface area contributed by atoms with E-state index >= 15 is 0 Å². The molecule has 0 aromatic heterocycles. The fraction of sp³-hybridized carbons (Fsp3) is 0.647. The van der Waals surface area contributed by atoms with Crippen molar-refractivity contribution in [3.05, 3.63) is 29.8 Å². The van der Waals surface area contributed by atoms with Gasteiger partial charge in [0.1, 0.15) is 0 Å². The quantitative estimate of drug-likeness (QED) is 0.899. The second-order valence-corrected chi connectivity index (χ2v) is 7.69. The van der Waals surface area contributed by atoms with Gasteiger partial charge in [0.2, 0.25) is 0 Å². The zero-order valence-electron chi connectivity index (χ0n) is 12.5. The van der Waals surface area contributed by atoms with Crippen molar-refractivity contribution in [3.63, 3.8) is 0 Å². The van der Waals surface area contributed by atoms with Gasteiger partial charge < -0.3 is 5.11 Å². The number of aryl methyl sites for hydroxylation is 1. The van der Waals surface area contributed by atoms with E-state index < -0.39 is 10.8 Å². The summed E-state index contributed by atoms with van der Waals surface area (Å²) in [5.41, 5.74) is 1.18. The van der Waals surface area contributed by atoms with Crippen LogP contribution in [-0.4, -0.2) is 21.2 Å². The van der Waals surface area contributed by atoms with Gasteiger partial charge in [-0.15, -0.1) is 0 Å². The molecule has 3 atom stereocenters. The predicted octanol–water partition coefficient (Wildman–Crippen LogP) is 3.68. The molecule has 1 fully saturated rings. The Labute approximate surface area is 125 Å². The van der Waals surface area contributed by atoms with Gasteiger partial charge in [-0.25, -0.2) is 0 Å². The normalized spacial score (nSPS) is 21.4. The molecule has 2 rings (SSSR count). The number of hydrogen-bond donors (Lipinski definition) is 1. The fourth-order valence-corrected chi connectivity index (χ4v) is 4.37. The summed E-state index contributed by atoms with van der Waals surface area (Å²) in [5, 5.41) is 10.4. The number of benzene rings is 1. The standard InChI is InChI=1S/C17H26O2S/c1-13-8-10-16(11-9-13)20(19)12-14(2)17(18)15-6-4-3-5-7-15/h8-11,14-15,17-18H,3-7,12H2,1-2H3/t14-,17-,20?/m0/s1. The molecular weight excluding hydrogens is 268 g/mol. The van der Waals surface area contributed by atoms with Gasteiger partial charge in [0, 0.05) is 10.6 Å². The number of aliphatic hydroxyl groups is 1. The van der Waals surface area contributed by atoms with E-state index in [1.807, 2.05) is 38.1 Å². The highest BCUT2D eigenvalue weighted by atomic mass is 32.2. The van der Waals surface area contributed by atoms with Crippen LogP contribution in [-0.2, 0) is 10.8 Å². The van der Waals surface area contributed by atoms with E-state index in [9.17, 15) is 9.32 Å². The molecule has 3 heteroatoms. The maximum Gasteiger partial charge on any atom is 0.0602 e. The molecule has 0 spiro atoms. The predicted molar refractivity (Wildman–Crippen MR) is 84.2 cm³/mol. The first kappa shape index (κ1) is 15.7. The second-order valence-electron chi connectivity index (χ2n) is 6.19. The Balaban J connectivity index is 1.91. The van der Waals surface area contributed by atoms with Crippen molar-refractivity contribution in [1.82, 2.24) is 0 Å². The minimum Gasteiger partial charge on any atom is -0.393 e. The molecule has 112 valence electrons. The fourth-order valence-electron chi connectivity index (χ4n) is 3.06. The SMILES string of the molecule is Cc1ccc(S(=O)C[C@H](C)[C@H](O)C2CCCCC2)cc1. The Bertz CT molecular complexity index is 435. The lowest BCUT2D eigenvalue weighted by Gasteiger charge is -2.30. The molecule has 1 aliphatic carbocycles. The first-order valence-electron chi connectivity index (χ1n) is 7.71. The van der Waals surface area contributed by atoms with Crippen LogP contribution in [0.2, 0.25) is 0 Å². The molecule has 1 aliphatic rings. The van der Waals surface area contributed by atoms with Gasteiger partial charge in [-0.1, -0.05) is 43.9 Å². The van der Waals surface area contributed by atoms with Crippen LogP contribution in [0.3, 0.4) is 0 Å². The average molecular weight is 294 g/mol. The van der Waals surface area contributed by atoms with E-state index in [4.69, 9.17) is 0 Å². The summed E-state index contributed by atoms with van der Waals surface area (Å²) in [6.07, 6.45) is 5.72. The highest BCUT2D eigenvalue weighted by Crippen LogP contribution is 2.30. The molecule has 1 saturated carbocycles. The zero-order valence-corrected chi connectivity index (χ0v) is 13.4. The van der Waals surface area contributed by atoms with Gasteiger partial charge in [-0.05, 0) is 43.7 Å². The maximum absolute atomic E-state index is 12.4. The summed E-state index contributed by atoms with van der Waals surface area (Å²) < 4.78 is 12.4. The van der Waals surface area contributed by atoms with Crippen molar-refractivity contribution in [2.75, 3.05) is 5.75 Å². The third-order valence-electron chi connectivity index (χ3n) is 4.41. The largest absolute Gasteiger partial charge is 0.393 e. The van der Waals surface area contributed by atoms with Crippen molar-refractivity contribution in [2.24, 2.45) is 11.8 Å². The summed E-state index contributed by atoms with van der Waals surface area (Å²) in [6.45, 7) is 4.06. The molecule has 1 aromatic rings. The van der Waals surface area contributed by atoms with E-state index in [2.05, 4.69) is 0 Å². The van der Waals surface area contributed by atoms with Gasteiger partial charge >= 0.3 is 0 Å². The summed E-state index contributed by atoms with van der Waals surface area (Å²) in [4.78, 5) is 0.873. The van der Waals surface area contributed by atoms with Crippen LogP contribution in [0.15, 0.2) is 29.2 Å². The lowest BCUT2D eigenvalue weighted by Crippen LogP contribution is -2.32. The minimum atomic E-state index is -1.01. The van der Waals surface area contributed by atoms with Crippen LogP contribution in [0.25, 0.3) is 0 Å². The van der Waals surface area contributed by atoms with Crippen molar-refractivity contribution in [2.45, 2.75) is 57.0 Å². The Hall–Kier alpha value is -0.670. The first-order valence-corrected chi connectivity index (χ1v) is 9.03. The van der Waals surface area contributed by atoms with Crippen LogP contribution < -0.4 is 0 Å². The van der Waals surface area contributed by atoms with Gasteiger partial charge in [0.15, 0.2) is 0 Å². The van der Waals surface area contributed by atoms with Crippen LogP contribution in [0.5, 0.6) is 0 Å². The number of hydrogen-bond acceptors (Lipinski definition) is 2. The van der Waals surface area contributed by atoms with Crippen LogP contribution in [0.4, 0.5) is 0 Å². The van der Waals surface area contributed by atoms with E-state index in [-0.39, 0.29) is 12.0 Å². The summed E-state index contributed by atoms with van der Waals surface area (Å²) >= 11 is 0. The van der Waals surface area contributed by atoms with E-state index in [1.54, 1.807) is 0 Å². The third-order valence-corrected chi connectivity index (χ3v) is 6.04. The smallest absolute Gasteiger partial charge is 0.0602 e. The topological polar surface area (TPSA) is 37.3 Å². The van der Waals surface area contributed by atoms with E-state index in [0.717, 1.165) is 17.7 Å². The molecule has 0 aliphatic heterocycles. The second kappa shape index (κ2) is 7.37. The molecule has 0 bridgehead atoms. The Morgan fingerprint density at radius 3 is 2.40 bits per heavy atom. The maximum atomic E-state index is 12.4. The highest BCUT2D eigenvalue weighted by molar-refractivity contribution is 7.85. The first-order chi connectivity index (χ1) is 9.58. The van der Waals surface area contributed by atoms with Crippen molar-refractivity contribution in [1.29, 1.82) is 0 Å². The summed E-state index contributed by atoms with van der Waals surface area (Å²) in [7, 11) is -1.01. The molecule has 20 heavy (non-hydrogen) atoms. The number of rotatable bonds is 5. The molecule has 2 nitrogen and oxygen atoms in total. The van der Waals surface area contributed by atoms with Gasteiger partial charge in [0.05, 0.1) is 16.9 Å². The van der Waals surface area contributed by atoms with Gasteiger partial charge in [0.25, 0.3) is 0 Å². The molecule has 1 N–H and O–H groups in total. The lowest BCUT2D eigenvalue weighted by molar-refractivity contribution is 0.0476. The summed E-state index contributed by atoms with van der Waals surface area (Å²) in [6, 6.07) is 7.86. The molecule has 0 heterocycles. The monoisotopic (exact) mass is 294 g/mol. The van der Waals surface area contributed by atoms with Crippen molar-refractivity contribution < 1.29 is 9.32 Å². The minimum absolute atomic E-state index is 0.0974. The van der Waals surface area contributed by atoms with Crippen LogP contribution >= 0.6 is 0 Å². The molecular formula is C17H26O2S. The van der Waals surface area contributed by atoms with Gasteiger partial charge in [-0.3, -0.25) is 4.21 Å². The molecule has 1 aromatic carbocycles. The van der Waals surface area contributed by atoms with E-state index in [0.29, 0.717) is 11.7 Å². The Kier molecular flexibility index (Phi) is 5.79. The van der Waals surface area contributed by atoms with Crippen molar-refractivity contribution >= 4 is 10.8 Å². The third kappa shape index (κ3) is 4.16. The average Bonchev–Trinajstić information content (AvgIpc) is 2.48. The molecule has 0 radical (unpaired) electrons. The van der Waals surface area contributed by atoms with Crippen molar-refractivity contribution in [3.8, 4) is 0 Å². The van der Waals surface area contributed by atoms with Crippen LogP contribution in [0, 0.1) is 18.8 Å². The molecule has 0 saturated heterocycles. The number of aliphatic hydroxyl groups excluding tert-OH is 1. The molecule has 0 amide bonds. The van der Waals surface area contributed by atoms with Gasteiger partial charge in [-0.2, -0.15) is 0 Å². The van der Waals surface area contributed by atoms with E-state index in [1.165, 1.54) is 24.8 Å².